The molecule has 25 heavy (non-hydrogen) atoms. The van der Waals surface area contributed by atoms with E-state index in [4.69, 9.17) is 4.74 Å². The van der Waals surface area contributed by atoms with Gasteiger partial charge in [0, 0.05) is 10.9 Å². The first-order chi connectivity index (χ1) is 11.9. The smallest absolute Gasteiger partial charge is 0.341 e. The maximum absolute atomic E-state index is 12.1. The predicted octanol–water partition coefficient (Wildman–Crippen LogP) is 4.05. The van der Waals surface area contributed by atoms with Crippen molar-refractivity contribution in [3.63, 3.8) is 0 Å². The van der Waals surface area contributed by atoms with Gasteiger partial charge >= 0.3 is 5.97 Å². The topological polar surface area (TPSA) is 125 Å². The summed E-state index contributed by atoms with van der Waals surface area (Å²) in [4.78, 5) is 33.6. The van der Waals surface area contributed by atoms with Gasteiger partial charge in [-0.15, -0.1) is 11.3 Å². The van der Waals surface area contributed by atoms with Crippen molar-refractivity contribution in [1.29, 1.82) is 0 Å². The zero-order valence-electron chi connectivity index (χ0n) is 13.5. The van der Waals surface area contributed by atoms with Crippen LogP contribution in [0.5, 0.6) is 0 Å². The molecule has 9 nitrogen and oxygen atoms in total. The van der Waals surface area contributed by atoms with Crippen molar-refractivity contribution in [2.75, 3.05) is 11.9 Å². The molecule has 0 radical (unpaired) electrons. The fraction of sp³-hybridized carbons (Fsp3) is 0.267. The number of aryl methyl sites for hydroxylation is 1. The highest BCUT2D eigenvalue weighted by molar-refractivity contribution is 7.16. The zero-order valence-corrected chi connectivity index (χ0v) is 14.3. The number of anilines is 2. The molecular formula is C15H15N3O6S. The van der Waals surface area contributed by atoms with E-state index in [1.54, 1.807) is 13.0 Å². The molecule has 0 aliphatic carbocycles. The van der Waals surface area contributed by atoms with Gasteiger partial charge in [0.1, 0.15) is 10.7 Å². The van der Waals surface area contributed by atoms with Crippen molar-refractivity contribution in [2.45, 2.75) is 20.3 Å². The Balaban J connectivity index is 2.45. The van der Waals surface area contributed by atoms with Crippen LogP contribution in [0.2, 0.25) is 0 Å². The molecule has 10 heteroatoms. The third-order valence-corrected chi connectivity index (χ3v) is 4.46. The second kappa shape index (κ2) is 7.71. The van der Waals surface area contributed by atoms with E-state index in [2.05, 4.69) is 5.32 Å². The third-order valence-electron chi connectivity index (χ3n) is 3.26. The van der Waals surface area contributed by atoms with E-state index in [9.17, 15) is 25.0 Å². The zero-order chi connectivity index (χ0) is 18.6. The summed E-state index contributed by atoms with van der Waals surface area (Å²) < 4.78 is 5.00. The van der Waals surface area contributed by atoms with Gasteiger partial charge in [0.15, 0.2) is 0 Å². The molecule has 0 spiro atoms. The van der Waals surface area contributed by atoms with Crippen LogP contribution < -0.4 is 5.32 Å². The number of carbonyl (C=O) groups is 1. The quantitative estimate of drug-likeness (QED) is 0.446. The van der Waals surface area contributed by atoms with E-state index in [0.717, 1.165) is 17.0 Å². The minimum atomic E-state index is -0.715. The molecule has 0 amide bonds. The summed E-state index contributed by atoms with van der Waals surface area (Å²) in [6.45, 7) is 3.80. The normalized spacial score (nSPS) is 10.3. The third kappa shape index (κ3) is 4.10. The lowest BCUT2D eigenvalue weighted by molar-refractivity contribution is -0.393. The largest absolute Gasteiger partial charge is 0.462 e. The Bertz CT molecular complexity index is 833. The molecule has 0 aliphatic heterocycles. The maximum Gasteiger partial charge on any atom is 0.341 e. The highest BCUT2D eigenvalue weighted by atomic mass is 32.1. The number of benzene rings is 1. The molecule has 1 heterocycles. The Kier molecular flexibility index (Phi) is 5.65. The van der Waals surface area contributed by atoms with Crippen molar-refractivity contribution in [3.8, 4) is 0 Å². The number of carbonyl (C=O) groups excluding carboxylic acids is 1. The lowest BCUT2D eigenvalue weighted by atomic mass is 10.2. The second-order valence-corrected chi connectivity index (χ2v) is 6.01. The van der Waals surface area contributed by atoms with Crippen LogP contribution in [-0.2, 0) is 11.2 Å². The molecule has 0 fully saturated rings. The number of hydrogen-bond donors (Lipinski definition) is 1. The van der Waals surface area contributed by atoms with Gasteiger partial charge in [-0.3, -0.25) is 20.2 Å². The molecular weight excluding hydrogens is 350 g/mol. The lowest BCUT2D eigenvalue weighted by Gasteiger charge is -2.07. The van der Waals surface area contributed by atoms with E-state index in [0.29, 0.717) is 11.4 Å². The molecule has 2 rings (SSSR count). The summed E-state index contributed by atoms with van der Waals surface area (Å²) in [6, 6.07) is 4.95. The van der Waals surface area contributed by atoms with Gasteiger partial charge in [0.05, 0.1) is 28.1 Å². The van der Waals surface area contributed by atoms with E-state index in [-0.39, 0.29) is 23.5 Å². The monoisotopic (exact) mass is 365 g/mol. The molecule has 0 saturated carbocycles. The highest BCUT2D eigenvalue weighted by Crippen LogP contribution is 2.36. The molecule has 0 aliphatic rings. The Morgan fingerprint density at radius 1 is 1.20 bits per heavy atom. The van der Waals surface area contributed by atoms with Crippen molar-refractivity contribution in [2.24, 2.45) is 0 Å². The minimum Gasteiger partial charge on any atom is -0.462 e. The number of nitro benzene ring substituents is 2. The first kappa shape index (κ1) is 18.3. The van der Waals surface area contributed by atoms with Crippen LogP contribution in [0.1, 0.15) is 29.1 Å². The first-order valence-corrected chi connectivity index (χ1v) is 8.18. The summed E-state index contributed by atoms with van der Waals surface area (Å²) in [6.07, 6.45) is 0.682. The van der Waals surface area contributed by atoms with Crippen molar-refractivity contribution in [1.82, 2.24) is 0 Å². The van der Waals surface area contributed by atoms with E-state index >= 15 is 0 Å². The summed E-state index contributed by atoms with van der Waals surface area (Å²) >= 11 is 1.27. The molecule has 132 valence electrons. The molecule has 0 saturated heterocycles. The number of ether oxygens (including phenoxy) is 1. The number of nitro groups is 2. The molecule has 1 aromatic heterocycles. The van der Waals surface area contributed by atoms with Crippen LogP contribution in [-0.4, -0.2) is 22.4 Å². The van der Waals surface area contributed by atoms with Gasteiger partial charge in [-0.1, -0.05) is 6.92 Å². The van der Waals surface area contributed by atoms with Crippen molar-refractivity contribution < 1.29 is 19.4 Å². The first-order valence-electron chi connectivity index (χ1n) is 7.37. The summed E-state index contributed by atoms with van der Waals surface area (Å²) in [7, 11) is 0. The van der Waals surface area contributed by atoms with Gasteiger partial charge in [0.2, 0.25) is 0 Å². The number of rotatable bonds is 7. The summed E-state index contributed by atoms with van der Waals surface area (Å²) in [5.74, 6) is -0.537. The molecule has 0 atom stereocenters. The van der Waals surface area contributed by atoms with Crippen LogP contribution in [0.15, 0.2) is 24.3 Å². The number of non-ortho nitro benzene ring substituents is 1. The fourth-order valence-corrected chi connectivity index (χ4v) is 3.08. The Hall–Kier alpha value is -3.01. The Labute approximate surface area is 146 Å². The fourth-order valence-electron chi connectivity index (χ4n) is 2.08. The number of esters is 1. The highest BCUT2D eigenvalue weighted by Gasteiger charge is 2.23. The lowest BCUT2D eigenvalue weighted by Crippen LogP contribution is -2.06. The molecule has 0 unspecified atom stereocenters. The van der Waals surface area contributed by atoms with E-state index in [1.807, 2.05) is 6.92 Å². The standard InChI is InChI=1S/C15H15N3O6S/c1-3-10-8-11(15(19)24-4-2)14(25-10)16-12-6-5-9(17(20)21)7-13(12)18(22)23/h5-8,16H,3-4H2,1-2H3. The summed E-state index contributed by atoms with van der Waals surface area (Å²) in [5.41, 5.74) is -0.499. The van der Waals surface area contributed by atoms with Crippen LogP contribution in [0, 0.1) is 20.2 Å². The average Bonchev–Trinajstić information content (AvgIpc) is 2.98. The van der Waals surface area contributed by atoms with Crippen molar-refractivity contribution >= 4 is 39.4 Å². The Morgan fingerprint density at radius 2 is 1.92 bits per heavy atom. The van der Waals surface area contributed by atoms with Crippen molar-refractivity contribution in [3.05, 3.63) is 54.9 Å². The van der Waals surface area contributed by atoms with Gasteiger partial charge in [0.25, 0.3) is 11.4 Å². The minimum absolute atomic E-state index is 0.0608. The van der Waals surface area contributed by atoms with Gasteiger partial charge in [-0.05, 0) is 25.5 Å². The maximum atomic E-state index is 12.1. The van der Waals surface area contributed by atoms with Crippen LogP contribution in [0.3, 0.4) is 0 Å². The van der Waals surface area contributed by atoms with Crippen LogP contribution >= 0.6 is 11.3 Å². The number of hydrogen-bond acceptors (Lipinski definition) is 8. The molecule has 2 aromatic rings. The average molecular weight is 365 g/mol. The van der Waals surface area contributed by atoms with E-state index in [1.165, 1.54) is 17.4 Å². The van der Waals surface area contributed by atoms with Gasteiger partial charge < -0.3 is 10.1 Å². The van der Waals surface area contributed by atoms with E-state index < -0.39 is 21.5 Å². The Morgan fingerprint density at radius 3 is 2.48 bits per heavy atom. The number of nitrogens with zero attached hydrogens (tertiary/aromatic N) is 2. The number of thiophene rings is 1. The van der Waals surface area contributed by atoms with Crippen LogP contribution in [0.4, 0.5) is 22.1 Å². The SMILES string of the molecule is CCOC(=O)c1cc(CC)sc1Nc1ccc([N+](=O)[O-])cc1[N+](=O)[O-]. The predicted molar refractivity (Wildman–Crippen MR) is 92.7 cm³/mol. The van der Waals surface area contributed by atoms with Crippen LogP contribution in [0.25, 0.3) is 0 Å². The molecule has 0 bridgehead atoms. The summed E-state index contributed by atoms with van der Waals surface area (Å²) in [5, 5.41) is 25.3. The second-order valence-electron chi connectivity index (χ2n) is 4.87. The molecule has 1 aromatic carbocycles. The van der Waals surface area contributed by atoms with Gasteiger partial charge in [-0.25, -0.2) is 4.79 Å². The molecule has 1 N–H and O–H groups in total. The van der Waals surface area contributed by atoms with Gasteiger partial charge in [-0.2, -0.15) is 0 Å². The number of nitrogens with one attached hydrogen (secondary N) is 1.